The number of phenols is 1. The maximum Gasteiger partial charge on any atom is 0.417 e. The zero-order valence-corrected chi connectivity index (χ0v) is 27.0. The van der Waals surface area contributed by atoms with Gasteiger partial charge in [-0.15, -0.1) is 0 Å². The molecule has 0 radical (unpaired) electrons. The fraction of sp³-hybridized carbons (Fsp3) is 0.324. The number of hydrazine groups is 1. The fourth-order valence-corrected chi connectivity index (χ4v) is 8.60. The molecule has 2 saturated heterocycles. The third-order valence-electron chi connectivity index (χ3n) is 10.3. The number of phenolic OH excluding ortho intramolecular Hbond substituents is 1. The second-order valence-electron chi connectivity index (χ2n) is 12.5. The largest absolute Gasteiger partial charge is 0.505 e. The number of imide groups is 2. The van der Waals surface area contributed by atoms with Crippen LogP contribution in [0.5, 0.6) is 5.75 Å². The minimum absolute atomic E-state index is 0.0350. The number of nitrogens with one attached hydrogen (secondary N) is 1. The van der Waals surface area contributed by atoms with Gasteiger partial charge in [-0.1, -0.05) is 59.1 Å². The Bertz CT molecular complexity index is 1970. The maximum atomic E-state index is 15.1. The summed E-state index contributed by atoms with van der Waals surface area (Å²) in [5, 5.41) is 11.6. The zero-order chi connectivity index (χ0) is 35.2. The number of alkyl halides is 3. The number of pyridine rings is 1. The third kappa shape index (κ3) is 4.76. The summed E-state index contributed by atoms with van der Waals surface area (Å²) in [5.41, 5.74) is 0.177. The molecule has 4 amide bonds. The number of fused-ring (bicyclic) bond motifs is 4. The van der Waals surface area contributed by atoms with Gasteiger partial charge in [0.1, 0.15) is 0 Å². The van der Waals surface area contributed by atoms with Crippen molar-refractivity contribution in [3.63, 3.8) is 0 Å². The van der Waals surface area contributed by atoms with E-state index in [4.69, 9.17) is 23.2 Å². The lowest BCUT2D eigenvalue weighted by Gasteiger charge is -2.50. The van der Waals surface area contributed by atoms with Crippen molar-refractivity contribution < 1.29 is 41.8 Å². The van der Waals surface area contributed by atoms with E-state index in [1.54, 1.807) is 13.0 Å². The van der Waals surface area contributed by atoms with Crippen molar-refractivity contribution in [3.05, 3.63) is 98.9 Å². The molecule has 2 aliphatic carbocycles. The number of carbonyl (C=O) groups excluding carboxylic acids is 4. The summed E-state index contributed by atoms with van der Waals surface area (Å²) in [5.74, 6) is -9.58. The Labute approximate surface area is 286 Å². The lowest BCUT2D eigenvalue weighted by Crippen LogP contribution is -2.53. The molecule has 15 heteroatoms. The second-order valence-corrected chi connectivity index (χ2v) is 13.4. The molecule has 2 aromatic carbocycles. The van der Waals surface area contributed by atoms with Gasteiger partial charge in [0.25, 0.3) is 11.8 Å². The topological polar surface area (TPSA) is 120 Å². The SMILES string of the molecule is CCN1C(=O)C2CC=C3C(CC4C(=O)N(Nc5ncc(C(F)(F)F)cc5Cl)C(=O)C4(c4ccc(Cl)cc4)C3c3cccc(F)c3O)C2C1=O. The van der Waals surface area contributed by atoms with Gasteiger partial charge in [-0.05, 0) is 55.5 Å². The number of halogens is 6. The van der Waals surface area contributed by atoms with E-state index in [2.05, 4.69) is 10.4 Å². The number of aromatic nitrogens is 1. The summed E-state index contributed by atoms with van der Waals surface area (Å²) in [4.78, 5) is 61.5. The first kappa shape index (κ1) is 33.0. The van der Waals surface area contributed by atoms with Crippen molar-refractivity contribution in [1.29, 1.82) is 0 Å². The number of hydrogen-bond acceptors (Lipinski definition) is 7. The highest BCUT2D eigenvalue weighted by molar-refractivity contribution is 6.33. The summed E-state index contributed by atoms with van der Waals surface area (Å²) in [6.07, 6.45) is -2.51. The number of allylic oxidation sites excluding steroid dienone is 2. The van der Waals surface area contributed by atoms with Gasteiger partial charge in [0, 0.05) is 29.2 Å². The lowest BCUT2D eigenvalue weighted by molar-refractivity contribution is -0.141. The number of benzene rings is 2. The number of aromatic hydroxyl groups is 1. The molecular weight excluding hydrogens is 691 g/mol. The number of rotatable bonds is 5. The number of amides is 4. The molecular formula is C34H26Cl2F4N4O5. The molecule has 9 nitrogen and oxygen atoms in total. The molecule has 4 aliphatic rings. The van der Waals surface area contributed by atoms with Crippen LogP contribution in [-0.2, 0) is 30.8 Å². The van der Waals surface area contributed by atoms with Crippen molar-refractivity contribution in [2.45, 2.75) is 37.3 Å². The molecule has 6 unspecified atom stereocenters. The van der Waals surface area contributed by atoms with Gasteiger partial charge in [0.2, 0.25) is 11.8 Å². The van der Waals surface area contributed by atoms with Crippen LogP contribution in [0, 0.1) is 29.5 Å². The molecule has 6 atom stereocenters. The Morgan fingerprint density at radius 3 is 2.39 bits per heavy atom. The second kappa shape index (κ2) is 11.5. The number of anilines is 1. The molecule has 2 N–H and O–H groups in total. The van der Waals surface area contributed by atoms with Crippen LogP contribution in [0.2, 0.25) is 10.0 Å². The summed E-state index contributed by atoms with van der Waals surface area (Å²) in [6, 6.07) is 10.5. The number of nitrogens with zero attached hydrogens (tertiary/aromatic N) is 3. The predicted molar refractivity (Wildman–Crippen MR) is 167 cm³/mol. The van der Waals surface area contributed by atoms with Gasteiger partial charge >= 0.3 is 6.18 Å². The monoisotopic (exact) mass is 716 g/mol. The van der Waals surface area contributed by atoms with Gasteiger partial charge < -0.3 is 5.11 Å². The Hall–Kier alpha value is -4.49. The van der Waals surface area contributed by atoms with Crippen molar-refractivity contribution in [1.82, 2.24) is 14.9 Å². The molecule has 1 saturated carbocycles. The number of para-hydroxylation sites is 1. The quantitative estimate of drug-likeness (QED) is 0.182. The van der Waals surface area contributed by atoms with Crippen LogP contribution >= 0.6 is 23.2 Å². The average molecular weight is 718 g/mol. The molecule has 3 aromatic rings. The van der Waals surface area contributed by atoms with E-state index in [1.807, 2.05) is 0 Å². The Balaban J connectivity index is 1.45. The first-order valence-electron chi connectivity index (χ1n) is 15.4. The van der Waals surface area contributed by atoms with Gasteiger partial charge in [0.15, 0.2) is 17.4 Å². The maximum absolute atomic E-state index is 15.1. The molecule has 49 heavy (non-hydrogen) atoms. The van der Waals surface area contributed by atoms with Crippen molar-refractivity contribution in [2.24, 2.45) is 23.7 Å². The van der Waals surface area contributed by atoms with Crippen molar-refractivity contribution >= 4 is 52.6 Å². The highest BCUT2D eigenvalue weighted by atomic mass is 35.5. The van der Waals surface area contributed by atoms with Gasteiger partial charge in [-0.2, -0.15) is 18.2 Å². The predicted octanol–water partition coefficient (Wildman–Crippen LogP) is 6.26. The molecule has 2 aliphatic heterocycles. The van der Waals surface area contributed by atoms with Crippen LogP contribution in [0.3, 0.4) is 0 Å². The summed E-state index contributed by atoms with van der Waals surface area (Å²) in [7, 11) is 0. The molecule has 0 bridgehead atoms. The van der Waals surface area contributed by atoms with E-state index in [0.717, 1.165) is 11.0 Å². The van der Waals surface area contributed by atoms with E-state index in [9.17, 15) is 32.7 Å². The number of carbonyl (C=O) groups is 4. The molecule has 3 fully saturated rings. The van der Waals surface area contributed by atoms with E-state index in [-0.39, 0.29) is 36.4 Å². The van der Waals surface area contributed by atoms with Crippen LogP contribution in [0.1, 0.15) is 42.4 Å². The Morgan fingerprint density at radius 2 is 1.73 bits per heavy atom. The third-order valence-corrected chi connectivity index (χ3v) is 10.8. The molecule has 1 aromatic heterocycles. The molecule has 0 spiro atoms. The highest BCUT2D eigenvalue weighted by Crippen LogP contribution is 2.65. The van der Waals surface area contributed by atoms with Gasteiger partial charge in [0.05, 0.1) is 33.8 Å². The van der Waals surface area contributed by atoms with Crippen LogP contribution < -0.4 is 5.43 Å². The van der Waals surface area contributed by atoms with Crippen molar-refractivity contribution in [2.75, 3.05) is 12.0 Å². The molecule has 3 heterocycles. The average Bonchev–Trinajstić information content (AvgIpc) is 3.43. The van der Waals surface area contributed by atoms with Crippen LogP contribution in [-0.4, -0.2) is 50.2 Å². The highest BCUT2D eigenvalue weighted by Gasteiger charge is 2.70. The molecule has 7 rings (SSSR count). The standard InChI is InChI=1S/C34H26Cl2F4N4O5/c1-2-43-29(46)19-11-10-18-21(25(19)31(43)48)13-22-30(47)44(42-28-23(36)12-16(14-41-28)34(38,39)40)32(49)33(22,15-6-8-17(35)9-7-15)26(18)20-4-3-5-24(37)27(20)45/h3-10,12,14,19,21-22,25-26,45H,2,11,13H2,1H3,(H,41,42). The Kier molecular flexibility index (Phi) is 7.78. The van der Waals surface area contributed by atoms with Crippen LogP contribution in [0.4, 0.5) is 23.4 Å². The Morgan fingerprint density at radius 1 is 1.02 bits per heavy atom. The fourth-order valence-electron chi connectivity index (χ4n) is 8.27. The minimum atomic E-state index is -4.77. The molecule has 254 valence electrons. The zero-order valence-electron chi connectivity index (χ0n) is 25.5. The number of likely N-dealkylation sites (tertiary alicyclic amines) is 1. The lowest BCUT2D eigenvalue weighted by atomic mass is 9.49. The summed E-state index contributed by atoms with van der Waals surface area (Å²) >= 11 is 12.4. The van der Waals surface area contributed by atoms with E-state index < -0.39 is 86.9 Å². The van der Waals surface area contributed by atoms with E-state index in [1.165, 1.54) is 36.4 Å². The summed E-state index contributed by atoms with van der Waals surface area (Å²) < 4.78 is 55.2. The van der Waals surface area contributed by atoms with Crippen LogP contribution in [0.25, 0.3) is 0 Å². The van der Waals surface area contributed by atoms with E-state index >= 15 is 9.18 Å². The van der Waals surface area contributed by atoms with Crippen molar-refractivity contribution in [3.8, 4) is 5.75 Å². The van der Waals surface area contributed by atoms with E-state index in [0.29, 0.717) is 27.9 Å². The smallest absolute Gasteiger partial charge is 0.417 e. The minimum Gasteiger partial charge on any atom is -0.505 e. The number of hydrogen-bond donors (Lipinski definition) is 2. The van der Waals surface area contributed by atoms with Gasteiger partial charge in [-0.3, -0.25) is 29.5 Å². The van der Waals surface area contributed by atoms with Gasteiger partial charge in [-0.25, -0.2) is 9.37 Å². The first-order chi connectivity index (χ1) is 23.2. The van der Waals surface area contributed by atoms with Crippen LogP contribution in [0.15, 0.2) is 66.4 Å². The summed E-state index contributed by atoms with van der Waals surface area (Å²) in [6.45, 7) is 1.81. The first-order valence-corrected chi connectivity index (χ1v) is 16.1. The normalized spacial score (nSPS) is 28.0.